The van der Waals surface area contributed by atoms with Crippen molar-refractivity contribution in [2.75, 3.05) is 0 Å². The molecule has 2 aliphatic carbocycles. The molecular formula is C18H29N3. The van der Waals surface area contributed by atoms with Crippen LogP contribution in [-0.4, -0.2) is 18.1 Å². The molecule has 2 aliphatic rings. The quantitative estimate of drug-likeness (QED) is 0.658. The van der Waals surface area contributed by atoms with Gasteiger partial charge in [-0.25, -0.2) is 0 Å². The molecule has 0 heterocycles. The lowest BCUT2D eigenvalue weighted by Gasteiger charge is -2.33. The molecule has 3 atom stereocenters. The molecule has 3 nitrogen and oxygen atoms in total. The molecule has 0 aromatic rings. The molecule has 0 aliphatic heterocycles. The zero-order valence-electron chi connectivity index (χ0n) is 13.3. The van der Waals surface area contributed by atoms with Crippen LogP contribution in [0.25, 0.3) is 0 Å². The van der Waals surface area contributed by atoms with Crippen LogP contribution in [0.15, 0.2) is 47.2 Å². The summed E-state index contributed by atoms with van der Waals surface area (Å²) < 4.78 is 0. The third-order valence-corrected chi connectivity index (χ3v) is 4.39. The zero-order valence-corrected chi connectivity index (χ0v) is 13.3. The minimum atomic E-state index is 0.136. The van der Waals surface area contributed by atoms with Crippen LogP contribution in [-0.2, 0) is 0 Å². The van der Waals surface area contributed by atoms with Gasteiger partial charge in [0.1, 0.15) is 0 Å². The van der Waals surface area contributed by atoms with Crippen LogP contribution < -0.4 is 16.8 Å². The second kappa shape index (κ2) is 7.62. The maximum Gasteiger partial charge on any atom is 0.0380 e. The molecule has 0 aromatic carbocycles. The number of hydrogen-bond donors (Lipinski definition) is 3. The smallest absolute Gasteiger partial charge is 0.0380 e. The molecule has 3 unspecified atom stereocenters. The van der Waals surface area contributed by atoms with E-state index < -0.39 is 0 Å². The summed E-state index contributed by atoms with van der Waals surface area (Å²) in [6.45, 7) is 4.32. The molecular weight excluding hydrogens is 258 g/mol. The molecule has 0 radical (unpaired) electrons. The highest BCUT2D eigenvalue weighted by Crippen LogP contribution is 2.31. The van der Waals surface area contributed by atoms with Gasteiger partial charge in [-0.2, -0.15) is 0 Å². The number of nitrogens with two attached hydrogens (primary N) is 2. The molecule has 0 amide bonds. The average Bonchev–Trinajstić information content (AvgIpc) is 2.47. The van der Waals surface area contributed by atoms with Crippen molar-refractivity contribution in [1.82, 2.24) is 5.32 Å². The second-order valence-electron chi connectivity index (χ2n) is 6.06. The van der Waals surface area contributed by atoms with Crippen molar-refractivity contribution in [3.8, 4) is 0 Å². The van der Waals surface area contributed by atoms with Gasteiger partial charge in [-0.1, -0.05) is 37.3 Å². The van der Waals surface area contributed by atoms with E-state index in [9.17, 15) is 0 Å². The first-order chi connectivity index (χ1) is 10.1. The van der Waals surface area contributed by atoms with E-state index in [0.29, 0.717) is 6.04 Å². The summed E-state index contributed by atoms with van der Waals surface area (Å²) in [5.74, 6) is 0. The summed E-state index contributed by atoms with van der Waals surface area (Å²) in [4.78, 5) is 0. The second-order valence-corrected chi connectivity index (χ2v) is 6.06. The van der Waals surface area contributed by atoms with Crippen LogP contribution in [0.2, 0.25) is 0 Å². The van der Waals surface area contributed by atoms with Crippen molar-refractivity contribution in [3.05, 3.63) is 47.2 Å². The Morgan fingerprint density at radius 1 is 1.43 bits per heavy atom. The predicted octanol–water partition coefficient (Wildman–Crippen LogP) is 2.91. The summed E-state index contributed by atoms with van der Waals surface area (Å²) in [5.41, 5.74) is 16.1. The third kappa shape index (κ3) is 4.08. The van der Waals surface area contributed by atoms with Gasteiger partial charge in [0.25, 0.3) is 0 Å². The van der Waals surface area contributed by atoms with Crippen LogP contribution in [0.5, 0.6) is 0 Å². The predicted molar refractivity (Wildman–Crippen MR) is 90.7 cm³/mol. The standard InChI is InChI=1S/C18H29N3/c1-3-4-5-10-15(19)13(2)21-17-12-7-9-14-8-6-11-16(20)18(14)17/h4-5,7,9,11,13,15,17,21H,3,6,8,10,12,19-20H2,1-2H3/b5-4-. The first-order valence-electron chi connectivity index (χ1n) is 8.15. The fraction of sp³-hybridized carbons (Fsp3) is 0.556. The van der Waals surface area contributed by atoms with Gasteiger partial charge in [0.2, 0.25) is 0 Å². The lowest BCUT2D eigenvalue weighted by molar-refractivity contribution is 0.417. The Hall–Kier alpha value is -1.32. The molecule has 0 fully saturated rings. The van der Waals surface area contributed by atoms with Crippen LogP contribution >= 0.6 is 0 Å². The molecule has 0 saturated carbocycles. The van der Waals surface area contributed by atoms with Crippen molar-refractivity contribution in [1.29, 1.82) is 0 Å². The van der Waals surface area contributed by atoms with Gasteiger partial charge in [-0.05, 0) is 50.2 Å². The molecule has 5 N–H and O–H groups in total. The normalized spacial score (nSPS) is 24.9. The Labute approximate surface area is 128 Å². The molecule has 116 valence electrons. The van der Waals surface area contributed by atoms with Crippen LogP contribution in [0, 0.1) is 0 Å². The van der Waals surface area contributed by atoms with Crippen LogP contribution in [0.4, 0.5) is 0 Å². The Morgan fingerprint density at radius 3 is 3.00 bits per heavy atom. The first kappa shape index (κ1) is 16.1. The van der Waals surface area contributed by atoms with Gasteiger partial charge in [0, 0.05) is 23.8 Å². The molecule has 0 aromatic heterocycles. The van der Waals surface area contributed by atoms with Crippen molar-refractivity contribution in [2.45, 2.75) is 64.1 Å². The summed E-state index contributed by atoms with van der Waals surface area (Å²) >= 11 is 0. The number of rotatable bonds is 6. The minimum Gasteiger partial charge on any atom is -0.399 e. The Balaban J connectivity index is 1.99. The average molecular weight is 287 g/mol. The van der Waals surface area contributed by atoms with Crippen molar-refractivity contribution >= 4 is 0 Å². The topological polar surface area (TPSA) is 64.1 Å². The highest BCUT2D eigenvalue weighted by Gasteiger charge is 2.26. The summed E-state index contributed by atoms with van der Waals surface area (Å²) in [7, 11) is 0. The first-order valence-corrected chi connectivity index (χ1v) is 8.15. The van der Waals surface area contributed by atoms with Gasteiger partial charge in [-0.15, -0.1) is 0 Å². The highest BCUT2D eigenvalue weighted by atomic mass is 15.0. The monoisotopic (exact) mass is 287 g/mol. The lowest BCUT2D eigenvalue weighted by atomic mass is 9.84. The largest absolute Gasteiger partial charge is 0.399 e. The number of nitrogens with one attached hydrogen (secondary N) is 1. The fourth-order valence-corrected chi connectivity index (χ4v) is 3.09. The van der Waals surface area contributed by atoms with E-state index in [0.717, 1.165) is 37.8 Å². The van der Waals surface area contributed by atoms with Gasteiger partial charge < -0.3 is 16.8 Å². The number of hydrogen-bond acceptors (Lipinski definition) is 3. The lowest BCUT2D eigenvalue weighted by Crippen LogP contribution is -2.49. The number of allylic oxidation sites excluding steroid dienone is 4. The van der Waals surface area contributed by atoms with E-state index >= 15 is 0 Å². The fourth-order valence-electron chi connectivity index (χ4n) is 3.09. The maximum atomic E-state index is 6.28. The Morgan fingerprint density at radius 2 is 2.24 bits per heavy atom. The van der Waals surface area contributed by atoms with Crippen molar-refractivity contribution < 1.29 is 0 Å². The molecule has 3 heteroatoms. The molecule has 21 heavy (non-hydrogen) atoms. The Kier molecular flexibility index (Phi) is 5.83. The third-order valence-electron chi connectivity index (χ3n) is 4.39. The summed E-state index contributed by atoms with van der Waals surface area (Å²) in [6.07, 6.45) is 16.1. The van der Waals surface area contributed by atoms with E-state index in [-0.39, 0.29) is 12.1 Å². The highest BCUT2D eigenvalue weighted by molar-refractivity contribution is 5.47. The summed E-state index contributed by atoms with van der Waals surface area (Å²) in [5, 5.41) is 3.69. The van der Waals surface area contributed by atoms with Crippen LogP contribution in [0.3, 0.4) is 0 Å². The van der Waals surface area contributed by atoms with E-state index in [1.807, 2.05) is 0 Å². The van der Waals surface area contributed by atoms with Crippen molar-refractivity contribution in [3.63, 3.8) is 0 Å². The SMILES string of the molecule is CC/C=C\CC(N)C(C)NC1CC=CC2=C1C(N)=CCC2. The zero-order chi connectivity index (χ0) is 15.2. The van der Waals surface area contributed by atoms with Gasteiger partial charge in [-0.3, -0.25) is 0 Å². The molecule has 0 bridgehead atoms. The van der Waals surface area contributed by atoms with E-state index in [2.05, 4.69) is 49.5 Å². The van der Waals surface area contributed by atoms with E-state index in [4.69, 9.17) is 11.5 Å². The van der Waals surface area contributed by atoms with Gasteiger partial charge >= 0.3 is 0 Å². The molecule has 0 spiro atoms. The van der Waals surface area contributed by atoms with Gasteiger partial charge in [0.15, 0.2) is 0 Å². The molecule has 2 rings (SSSR count). The Bertz CT molecular complexity index is 471. The summed E-state index contributed by atoms with van der Waals surface area (Å²) in [6, 6.07) is 0.709. The van der Waals surface area contributed by atoms with E-state index in [1.54, 1.807) is 0 Å². The maximum absolute atomic E-state index is 6.28. The van der Waals surface area contributed by atoms with E-state index in [1.165, 1.54) is 11.1 Å². The minimum absolute atomic E-state index is 0.136. The molecule has 0 saturated heterocycles. The van der Waals surface area contributed by atoms with Crippen molar-refractivity contribution in [2.24, 2.45) is 11.5 Å². The van der Waals surface area contributed by atoms with Gasteiger partial charge in [0.05, 0.1) is 0 Å². The van der Waals surface area contributed by atoms with Crippen LogP contribution in [0.1, 0.15) is 46.0 Å².